The van der Waals surface area contributed by atoms with Crippen LogP contribution in [0.1, 0.15) is 44.5 Å². The molecule has 2 heterocycles. The lowest BCUT2D eigenvalue weighted by molar-refractivity contribution is -0.254. The van der Waals surface area contributed by atoms with Crippen LogP contribution >= 0.6 is 22.7 Å². The number of allylic oxidation sites excluding steroid dienone is 2. The topological polar surface area (TPSA) is 0 Å². The smallest absolute Gasteiger partial charge is 0.194 e. The van der Waals surface area contributed by atoms with E-state index in [0.29, 0.717) is 32.4 Å². The number of hydrogen-bond donors (Lipinski definition) is 0. The van der Waals surface area contributed by atoms with Gasteiger partial charge < -0.3 is 0 Å². The van der Waals surface area contributed by atoms with Crippen molar-refractivity contribution in [3.8, 4) is 0 Å². The maximum Gasteiger partial charge on any atom is 0.380 e. The summed E-state index contributed by atoms with van der Waals surface area (Å²) >= 11 is 2.32. The molecule has 0 N–H and O–H groups in total. The summed E-state index contributed by atoms with van der Waals surface area (Å²) in [5.41, 5.74) is -2.84. The van der Waals surface area contributed by atoms with Crippen molar-refractivity contribution in [3.05, 3.63) is 42.8 Å². The van der Waals surface area contributed by atoms with Gasteiger partial charge in [-0.3, -0.25) is 0 Å². The van der Waals surface area contributed by atoms with E-state index in [2.05, 4.69) is 0 Å². The van der Waals surface area contributed by atoms with Crippen molar-refractivity contribution in [2.45, 2.75) is 58.3 Å². The molecule has 0 bridgehead atoms. The lowest BCUT2D eigenvalue weighted by atomic mass is 9.94. The van der Waals surface area contributed by atoms with Gasteiger partial charge in [-0.2, -0.15) is 26.3 Å². The first-order valence-electron chi connectivity index (χ1n) is 8.48. The third kappa shape index (κ3) is 2.70. The van der Waals surface area contributed by atoms with Gasteiger partial charge in [0.2, 0.25) is 0 Å². The maximum atomic E-state index is 14.8. The number of alkyl halides is 6. The van der Waals surface area contributed by atoms with Gasteiger partial charge in [0.25, 0.3) is 0 Å². The first kappa shape index (κ1) is 20.5. The fraction of sp³-hybridized carbons (Fsp3) is 0.474. The molecule has 0 atom stereocenters. The standard InChI is InChI=1S/C19H18F6S2/c1-5-13-11(7-9(3)26-13)15-16(12-8-10(4)27-14(12)6-2)18(22,23)19(24,25)17(15,20)21/h7-8H,5-6H2,1-4H3. The Balaban J connectivity index is 2.46. The van der Waals surface area contributed by atoms with E-state index in [-0.39, 0.29) is 11.1 Å². The second kappa shape index (κ2) is 6.37. The van der Waals surface area contributed by atoms with Gasteiger partial charge in [-0.05, 0) is 49.9 Å². The SMILES string of the molecule is CCc1sc(C)cc1C1=C(c2cc(C)sc2CC)C(F)(F)C(F)(F)C1(F)F. The number of halogens is 6. The molecule has 0 fully saturated rings. The highest BCUT2D eigenvalue weighted by Crippen LogP contribution is 2.65. The van der Waals surface area contributed by atoms with Crippen molar-refractivity contribution in [1.29, 1.82) is 0 Å². The largest absolute Gasteiger partial charge is 0.380 e. The summed E-state index contributed by atoms with van der Waals surface area (Å²) < 4.78 is 87.8. The van der Waals surface area contributed by atoms with Gasteiger partial charge in [0.15, 0.2) is 0 Å². The van der Waals surface area contributed by atoms with Crippen LogP contribution in [0.3, 0.4) is 0 Å². The molecule has 0 nitrogen and oxygen atoms in total. The molecule has 0 saturated heterocycles. The monoisotopic (exact) mass is 424 g/mol. The first-order valence-corrected chi connectivity index (χ1v) is 10.1. The molecule has 0 spiro atoms. The Morgan fingerprint density at radius 1 is 0.704 bits per heavy atom. The molecular formula is C19H18F6S2. The molecule has 3 rings (SSSR count). The molecule has 148 valence electrons. The third-order valence-corrected chi connectivity index (χ3v) is 7.10. The Morgan fingerprint density at radius 3 is 1.33 bits per heavy atom. The minimum atomic E-state index is -5.49. The molecule has 1 aliphatic carbocycles. The van der Waals surface area contributed by atoms with E-state index in [9.17, 15) is 26.3 Å². The molecule has 2 aromatic heterocycles. The zero-order valence-electron chi connectivity index (χ0n) is 15.2. The maximum absolute atomic E-state index is 14.8. The van der Waals surface area contributed by atoms with Crippen LogP contribution in [-0.4, -0.2) is 17.8 Å². The molecule has 1 aliphatic rings. The molecule has 0 unspecified atom stereocenters. The molecule has 27 heavy (non-hydrogen) atoms. The van der Waals surface area contributed by atoms with E-state index in [1.165, 1.54) is 12.1 Å². The van der Waals surface area contributed by atoms with Gasteiger partial charge in [0.05, 0.1) is 0 Å². The van der Waals surface area contributed by atoms with Crippen LogP contribution in [0.25, 0.3) is 11.1 Å². The van der Waals surface area contributed by atoms with Gasteiger partial charge in [-0.1, -0.05) is 13.8 Å². The van der Waals surface area contributed by atoms with Crippen LogP contribution in [0.2, 0.25) is 0 Å². The summed E-state index contributed by atoms with van der Waals surface area (Å²) in [6, 6.07) is 2.63. The summed E-state index contributed by atoms with van der Waals surface area (Å²) in [5.74, 6) is -15.4. The lowest BCUT2D eigenvalue weighted by Crippen LogP contribution is -2.48. The Kier molecular flexibility index (Phi) is 4.83. The summed E-state index contributed by atoms with van der Waals surface area (Å²) in [6.07, 6.45) is 0.586. The van der Waals surface area contributed by atoms with Gasteiger partial charge >= 0.3 is 17.8 Å². The number of thiophene rings is 2. The molecule has 0 aromatic carbocycles. The summed E-state index contributed by atoms with van der Waals surface area (Å²) in [6.45, 7) is 6.65. The zero-order valence-corrected chi connectivity index (χ0v) is 16.8. The van der Waals surface area contributed by atoms with E-state index in [1.807, 2.05) is 0 Å². The molecule has 2 aromatic rings. The molecule has 0 saturated carbocycles. The Bertz CT molecular complexity index is 845. The van der Waals surface area contributed by atoms with E-state index >= 15 is 0 Å². The Labute approximate surface area is 161 Å². The van der Waals surface area contributed by atoms with Crippen LogP contribution in [0.15, 0.2) is 12.1 Å². The second-order valence-electron chi connectivity index (χ2n) is 6.57. The minimum absolute atomic E-state index is 0.192. The lowest BCUT2D eigenvalue weighted by Gasteiger charge is -2.25. The molecular weight excluding hydrogens is 406 g/mol. The van der Waals surface area contributed by atoms with Crippen molar-refractivity contribution in [2.75, 3.05) is 0 Å². The minimum Gasteiger partial charge on any atom is -0.194 e. The van der Waals surface area contributed by atoms with Crippen molar-refractivity contribution >= 4 is 33.8 Å². The summed E-state index contributed by atoms with van der Waals surface area (Å²) in [4.78, 5) is 2.02. The highest BCUT2D eigenvalue weighted by Gasteiger charge is 2.80. The predicted octanol–water partition coefficient (Wildman–Crippen LogP) is 7.38. The van der Waals surface area contributed by atoms with Crippen molar-refractivity contribution < 1.29 is 26.3 Å². The highest BCUT2D eigenvalue weighted by atomic mass is 32.1. The van der Waals surface area contributed by atoms with E-state index in [1.54, 1.807) is 27.7 Å². The zero-order chi connectivity index (χ0) is 20.4. The van der Waals surface area contributed by atoms with Crippen LogP contribution in [0, 0.1) is 13.8 Å². The van der Waals surface area contributed by atoms with Gasteiger partial charge in [0, 0.05) is 30.7 Å². The number of aryl methyl sites for hydroxylation is 4. The third-order valence-electron chi connectivity index (χ3n) is 4.71. The summed E-state index contributed by atoms with van der Waals surface area (Å²) in [7, 11) is 0. The highest BCUT2D eigenvalue weighted by molar-refractivity contribution is 7.12. The summed E-state index contributed by atoms with van der Waals surface area (Å²) in [5, 5.41) is 0. The number of rotatable bonds is 4. The fourth-order valence-corrected chi connectivity index (χ4v) is 5.47. The van der Waals surface area contributed by atoms with Crippen LogP contribution < -0.4 is 0 Å². The van der Waals surface area contributed by atoms with Crippen LogP contribution in [0.5, 0.6) is 0 Å². The van der Waals surface area contributed by atoms with Gasteiger partial charge in [-0.15, -0.1) is 22.7 Å². The molecule has 8 heteroatoms. The van der Waals surface area contributed by atoms with Crippen molar-refractivity contribution in [3.63, 3.8) is 0 Å². The van der Waals surface area contributed by atoms with E-state index in [4.69, 9.17) is 0 Å². The normalized spacial score (nSPS) is 20.5. The fourth-order valence-electron chi connectivity index (χ4n) is 3.51. The van der Waals surface area contributed by atoms with Crippen LogP contribution in [0.4, 0.5) is 26.3 Å². The second-order valence-corrected chi connectivity index (χ2v) is 9.25. The Morgan fingerprint density at radius 2 is 1.04 bits per heavy atom. The van der Waals surface area contributed by atoms with Crippen molar-refractivity contribution in [1.82, 2.24) is 0 Å². The van der Waals surface area contributed by atoms with Crippen molar-refractivity contribution in [2.24, 2.45) is 0 Å². The molecule has 0 aliphatic heterocycles. The average Bonchev–Trinajstić information content (AvgIpc) is 3.15. The van der Waals surface area contributed by atoms with Gasteiger partial charge in [0.1, 0.15) is 0 Å². The first-order chi connectivity index (χ1) is 12.4. The number of hydrogen-bond acceptors (Lipinski definition) is 2. The molecule has 0 radical (unpaired) electrons. The van der Waals surface area contributed by atoms with E-state index < -0.39 is 28.9 Å². The van der Waals surface area contributed by atoms with Crippen LogP contribution in [-0.2, 0) is 12.8 Å². The average molecular weight is 424 g/mol. The quantitative estimate of drug-likeness (QED) is 0.449. The predicted molar refractivity (Wildman–Crippen MR) is 98.5 cm³/mol. The molecule has 0 amide bonds. The Hall–Kier alpha value is -1.28. The van der Waals surface area contributed by atoms with Gasteiger partial charge in [-0.25, -0.2) is 0 Å². The van der Waals surface area contributed by atoms with E-state index in [0.717, 1.165) is 22.7 Å².